The number of benzene rings is 2. The number of thioether (sulfide) groups is 1. The van der Waals surface area contributed by atoms with Gasteiger partial charge in [0.05, 0.1) is 27.5 Å². The second-order valence-electron chi connectivity index (χ2n) is 11.5. The maximum absolute atomic E-state index is 13.5. The third-order valence-corrected chi connectivity index (χ3v) is 9.62. The van der Waals surface area contributed by atoms with E-state index in [0.717, 1.165) is 47.9 Å². The minimum absolute atomic E-state index is 0.0666. The monoisotopic (exact) mass is 734 g/mol. The van der Waals surface area contributed by atoms with Crippen LogP contribution in [-0.4, -0.2) is 73.1 Å². The molecule has 0 unspecified atom stereocenters. The zero-order chi connectivity index (χ0) is 36.4. The lowest BCUT2D eigenvalue weighted by molar-refractivity contribution is -0.143. The highest BCUT2D eigenvalue weighted by atomic mass is 32.2. The van der Waals surface area contributed by atoms with Gasteiger partial charge in [0.1, 0.15) is 5.84 Å². The summed E-state index contributed by atoms with van der Waals surface area (Å²) in [6.07, 6.45) is -2.45. The molecule has 2 heterocycles. The van der Waals surface area contributed by atoms with Crippen LogP contribution in [0, 0.1) is 12.8 Å². The number of halogens is 6. The fraction of sp³-hybridized carbons (Fsp3) is 0.455. The molecule has 2 aromatic rings. The highest BCUT2D eigenvalue weighted by molar-refractivity contribution is 8.18. The van der Waals surface area contributed by atoms with Crippen molar-refractivity contribution < 1.29 is 44.1 Å². The summed E-state index contributed by atoms with van der Waals surface area (Å²) in [5, 5.41) is 2.55. The van der Waals surface area contributed by atoms with Crippen molar-refractivity contribution in [2.45, 2.75) is 57.4 Å². The fourth-order valence-corrected chi connectivity index (χ4v) is 6.38. The Labute approximate surface area is 287 Å². The molecular formula is C33H40F6N4O4S2. The predicted molar refractivity (Wildman–Crippen MR) is 179 cm³/mol. The molecule has 2 aliphatic rings. The SMILES string of the molecule is CCN(CC)C/C=C\CN=C1NC(=O)S/C1=C\C1CCN(Cc2ccc(C(F)(F)F)cc2C(F)(F)F)CC1.Cc1ccc(S(=O)(=O)O)cc1. The Morgan fingerprint density at radius 3 is 2.18 bits per heavy atom. The van der Waals surface area contributed by atoms with Gasteiger partial charge in [-0.3, -0.25) is 19.2 Å². The highest BCUT2D eigenvalue weighted by Crippen LogP contribution is 2.38. The summed E-state index contributed by atoms with van der Waals surface area (Å²) >= 11 is 1.07. The van der Waals surface area contributed by atoms with Crippen LogP contribution in [0.5, 0.6) is 0 Å². The molecule has 2 saturated heterocycles. The van der Waals surface area contributed by atoms with Crippen LogP contribution in [0.1, 0.15) is 48.9 Å². The molecule has 0 aromatic heterocycles. The summed E-state index contributed by atoms with van der Waals surface area (Å²) in [5.74, 6) is 0.633. The Kier molecular flexibility index (Phi) is 14.5. The molecule has 4 rings (SSSR count). The van der Waals surface area contributed by atoms with Crippen molar-refractivity contribution in [1.82, 2.24) is 15.1 Å². The Hall–Kier alpha value is -3.18. The maximum Gasteiger partial charge on any atom is 0.416 e. The second kappa shape index (κ2) is 17.7. The zero-order valence-corrected chi connectivity index (χ0v) is 28.9. The van der Waals surface area contributed by atoms with E-state index >= 15 is 0 Å². The first-order chi connectivity index (χ1) is 22.9. The molecule has 0 radical (unpaired) electrons. The average Bonchev–Trinajstić information content (AvgIpc) is 3.37. The van der Waals surface area contributed by atoms with E-state index in [9.17, 15) is 39.6 Å². The third-order valence-electron chi connectivity index (χ3n) is 7.91. The van der Waals surface area contributed by atoms with Crippen molar-refractivity contribution in [1.29, 1.82) is 0 Å². The third kappa shape index (κ3) is 12.9. The lowest BCUT2D eigenvalue weighted by Crippen LogP contribution is -2.33. The number of piperidine rings is 1. The van der Waals surface area contributed by atoms with Crippen LogP contribution in [0.4, 0.5) is 31.1 Å². The first-order valence-corrected chi connectivity index (χ1v) is 17.8. The van der Waals surface area contributed by atoms with Crippen LogP contribution in [0.15, 0.2) is 75.5 Å². The van der Waals surface area contributed by atoms with E-state index in [0.29, 0.717) is 44.4 Å². The molecule has 0 saturated carbocycles. The van der Waals surface area contributed by atoms with Gasteiger partial charge in [0.2, 0.25) is 0 Å². The number of amidine groups is 1. The summed E-state index contributed by atoms with van der Waals surface area (Å²) in [6, 6.07) is 7.79. The van der Waals surface area contributed by atoms with Crippen LogP contribution in [0.3, 0.4) is 0 Å². The van der Waals surface area contributed by atoms with Gasteiger partial charge in [-0.05, 0) is 93.5 Å². The number of carbonyl (C=O) groups excluding carboxylic acids is 1. The molecular weight excluding hydrogens is 695 g/mol. The van der Waals surface area contributed by atoms with E-state index in [1.807, 2.05) is 30.1 Å². The quantitative estimate of drug-likeness (QED) is 0.146. The van der Waals surface area contributed by atoms with Crippen molar-refractivity contribution in [3.63, 3.8) is 0 Å². The standard InChI is InChI=1S/C26H32F6N4OS.C7H8O3S/c1-3-35(4-2)12-6-5-11-33-23-22(38-24(37)34-23)15-18-9-13-36(14-10-18)17-19-7-8-20(25(27,28)29)16-21(19)26(30,31)32;1-6-2-4-7(5-3-6)11(8,9)10/h5-8,15-16,18H,3-4,9-14,17H2,1-2H3,(H,33,34,37);2-5H,1H3,(H,8,9,10)/b6-5-,22-15-;. The summed E-state index contributed by atoms with van der Waals surface area (Å²) < 4.78 is 109. The van der Waals surface area contributed by atoms with Crippen molar-refractivity contribution in [2.24, 2.45) is 10.9 Å². The molecule has 8 nitrogen and oxygen atoms in total. The first kappa shape index (κ1) is 40.3. The number of likely N-dealkylation sites (tertiary alicyclic amines) is 1. The van der Waals surface area contributed by atoms with Crippen molar-refractivity contribution >= 4 is 33.0 Å². The number of allylic oxidation sites excluding steroid dienone is 1. The summed E-state index contributed by atoms with van der Waals surface area (Å²) in [4.78, 5) is 21.2. The molecule has 1 amide bonds. The number of likely N-dealkylation sites (N-methyl/N-ethyl adjacent to an activating group) is 1. The molecule has 16 heteroatoms. The van der Waals surface area contributed by atoms with Gasteiger partial charge >= 0.3 is 12.4 Å². The Morgan fingerprint density at radius 1 is 1.00 bits per heavy atom. The summed E-state index contributed by atoms with van der Waals surface area (Å²) in [5.41, 5.74) is -1.78. The molecule has 0 atom stereocenters. The van der Waals surface area contributed by atoms with Crippen LogP contribution < -0.4 is 5.32 Å². The Morgan fingerprint density at radius 2 is 1.63 bits per heavy atom. The van der Waals surface area contributed by atoms with Crippen LogP contribution in [-0.2, 0) is 29.0 Å². The maximum atomic E-state index is 13.5. The van der Waals surface area contributed by atoms with E-state index in [2.05, 4.69) is 29.1 Å². The number of amides is 1. The van der Waals surface area contributed by atoms with E-state index in [1.54, 1.807) is 12.1 Å². The fourth-order valence-electron chi connectivity index (χ4n) is 5.08. The number of nitrogens with one attached hydrogen (secondary N) is 1. The smallest absolute Gasteiger partial charge is 0.300 e. The molecule has 2 N–H and O–H groups in total. The molecule has 0 spiro atoms. The largest absolute Gasteiger partial charge is 0.416 e. The molecule has 49 heavy (non-hydrogen) atoms. The number of hydrogen-bond acceptors (Lipinski definition) is 7. The van der Waals surface area contributed by atoms with Crippen molar-refractivity contribution in [3.8, 4) is 0 Å². The lowest BCUT2D eigenvalue weighted by atomic mass is 9.95. The van der Waals surface area contributed by atoms with Crippen LogP contribution >= 0.6 is 11.8 Å². The average molecular weight is 735 g/mol. The predicted octanol–water partition coefficient (Wildman–Crippen LogP) is 7.81. The van der Waals surface area contributed by atoms with Crippen LogP contribution in [0.2, 0.25) is 0 Å². The molecule has 2 aliphatic heterocycles. The second-order valence-corrected chi connectivity index (χ2v) is 13.9. The van der Waals surface area contributed by atoms with Crippen molar-refractivity contribution in [2.75, 3.05) is 39.3 Å². The number of rotatable bonds is 10. The summed E-state index contributed by atoms with van der Waals surface area (Å²) in [7, 11) is -4.02. The van der Waals surface area contributed by atoms with E-state index in [1.165, 1.54) is 12.1 Å². The molecule has 0 aliphatic carbocycles. The minimum atomic E-state index is -4.88. The van der Waals surface area contributed by atoms with E-state index in [-0.39, 0.29) is 34.2 Å². The van der Waals surface area contributed by atoms with Gasteiger partial charge in [-0.15, -0.1) is 0 Å². The number of aliphatic imine (C=N–C) groups is 1. The lowest BCUT2D eigenvalue weighted by Gasteiger charge is -2.31. The number of hydrogen-bond donors (Lipinski definition) is 2. The topological polar surface area (TPSA) is 102 Å². The van der Waals surface area contributed by atoms with Gasteiger partial charge in [-0.1, -0.05) is 55.8 Å². The van der Waals surface area contributed by atoms with Gasteiger partial charge < -0.3 is 10.2 Å². The Balaban J connectivity index is 0.000000501. The molecule has 270 valence electrons. The molecule has 0 bridgehead atoms. The van der Waals surface area contributed by atoms with Gasteiger partial charge in [0.15, 0.2) is 0 Å². The normalized spacial score (nSPS) is 18.4. The van der Waals surface area contributed by atoms with Gasteiger partial charge in [-0.25, -0.2) is 0 Å². The number of alkyl halides is 6. The number of carbonyl (C=O) groups is 1. The molecule has 2 aromatic carbocycles. The zero-order valence-electron chi connectivity index (χ0n) is 27.3. The number of nitrogens with zero attached hydrogens (tertiary/aromatic N) is 3. The van der Waals surface area contributed by atoms with Crippen molar-refractivity contribution in [3.05, 3.63) is 87.9 Å². The minimum Gasteiger partial charge on any atom is -0.300 e. The van der Waals surface area contributed by atoms with Gasteiger partial charge in [0, 0.05) is 13.1 Å². The van der Waals surface area contributed by atoms with Crippen LogP contribution in [0.25, 0.3) is 0 Å². The first-order valence-electron chi connectivity index (χ1n) is 15.6. The summed E-state index contributed by atoms with van der Waals surface area (Å²) in [6.45, 7) is 10.1. The van der Waals surface area contributed by atoms with E-state index < -0.39 is 33.6 Å². The Bertz CT molecular complexity index is 1610. The van der Waals surface area contributed by atoms with E-state index in [4.69, 9.17) is 4.55 Å². The molecule has 2 fully saturated rings. The number of aryl methyl sites for hydroxylation is 1. The highest BCUT2D eigenvalue weighted by Gasteiger charge is 2.38. The van der Waals surface area contributed by atoms with Gasteiger partial charge in [-0.2, -0.15) is 34.8 Å². The van der Waals surface area contributed by atoms with Gasteiger partial charge in [0.25, 0.3) is 15.4 Å².